The van der Waals surface area contributed by atoms with Crippen molar-refractivity contribution in [3.8, 4) is 11.5 Å². The maximum atomic E-state index is 12.5. The molecule has 1 aliphatic heterocycles. The third kappa shape index (κ3) is 8.85. The smallest absolute Gasteiger partial charge is 0.401 e. The molecule has 0 spiro atoms. The Morgan fingerprint density at radius 2 is 1.97 bits per heavy atom. The quantitative estimate of drug-likeness (QED) is 0.308. The molecule has 0 saturated carbocycles. The first-order valence-corrected chi connectivity index (χ1v) is 9.39. The Morgan fingerprint density at radius 1 is 1.24 bits per heavy atom. The van der Waals surface area contributed by atoms with Crippen molar-refractivity contribution in [3.05, 3.63) is 23.8 Å². The van der Waals surface area contributed by atoms with Crippen LogP contribution in [0.2, 0.25) is 0 Å². The molecule has 1 unspecified atom stereocenters. The zero-order valence-electron chi connectivity index (χ0n) is 17.0. The van der Waals surface area contributed by atoms with Crippen LogP contribution in [0.4, 0.5) is 13.2 Å². The van der Waals surface area contributed by atoms with Crippen LogP contribution in [0.25, 0.3) is 0 Å². The van der Waals surface area contributed by atoms with Crippen LogP contribution in [-0.4, -0.2) is 70.0 Å². The summed E-state index contributed by atoms with van der Waals surface area (Å²) in [6, 6.07) is 5.69. The minimum Gasteiger partial charge on any atom is -0.493 e. The molecule has 1 aliphatic rings. The lowest BCUT2D eigenvalue weighted by atomic mass is 10.1. The number of rotatable bonds is 8. The molecule has 0 aliphatic carbocycles. The number of alkyl halides is 3. The minimum absolute atomic E-state index is 0. The molecule has 2 N–H and O–H groups in total. The highest BCUT2D eigenvalue weighted by Gasteiger charge is 2.34. The monoisotopic (exact) mass is 530 g/mol. The second kappa shape index (κ2) is 12.3. The Balaban J connectivity index is 0.00000420. The van der Waals surface area contributed by atoms with Gasteiger partial charge in [-0.05, 0) is 37.5 Å². The van der Waals surface area contributed by atoms with Gasteiger partial charge >= 0.3 is 6.18 Å². The number of nitrogens with one attached hydrogen (secondary N) is 2. The summed E-state index contributed by atoms with van der Waals surface area (Å²) in [5.41, 5.74) is 1.06. The van der Waals surface area contributed by atoms with Crippen molar-refractivity contribution in [2.24, 2.45) is 4.99 Å². The topological polar surface area (TPSA) is 58.1 Å². The van der Waals surface area contributed by atoms with Crippen LogP contribution in [0, 0.1) is 0 Å². The fourth-order valence-corrected chi connectivity index (χ4v) is 3.19. The van der Waals surface area contributed by atoms with E-state index < -0.39 is 12.7 Å². The number of benzene rings is 1. The lowest BCUT2D eigenvalue weighted by Crippen LogP contribution is -2.45. The fourth-order valence-electron chi connectivity index (χ4n) is 3.19. The normalized spacial score (nSPS) is 17.6. The van der Waals surface area contributed by atoms with Crippen LogP contribution in [0.5, 0.6) is 11.5 Å². The van der Waals surface area contributed by atoms with Gasteiger partial charge < -0.3 is 20.1 Å². The molecule has 0 radical (unpaired) electrons. The Kier molecular flexibility index (Phi) is 10.9. The van der Waals surface area contributed by atoms with E-state index in [-0.39, 0.29) is 30.0 Å². The summed E-state index contributed by atoms with van der Waals surface area (Å²) in [5, 5.41) is 6.40. The van der Waals surface area contributed by atoms with Crippen molar-refractivity contribution in [1.29, 1.82) is 0 Å². The van der Waals surface area contributed by atoms with Crippen LogP contribution < -0.4 is 20.1 Å². The van der Waals surface area contributed by atoms with E-state index in [4.69, 9.17) is 9.47 Å². The molecule has 1 aromatic rings. The number of methoxy groups -OCH3 is 2. The molecular formula is C19H30F3IN4O2. The van der Waals surface area contributed by atoms with Crippen molar-refractivity contribution in [3.63, 3.8) is 0 Å². The first-order valence-electron chi connectivity index (χ1n) is 9.39. The van der Waals surface area contributed by atoms with Crippen LogP contribution in [0.3, 0.4) is 0 Å². The number of hydrogen-bond acceptors (Lipinski definition) is 4. The molecule has 2 rings (SSSR count). The zero-order chi connectivity index (χ0) is 20.6. The molecule has 1 fully saturated rings. The maximum absolute atomic E-state index is 12.5. The van der Waals surface area contributed by atoms with Gasteiger partial charge in [0.2, 0.25) is 0 Å². The molecule has 1 aromatic carbocycles. The standard InChI is InChI=1S/C19H29F3N4O2.HI/c1-4-23-18(25-15-8-10-26(12-15)13-19(20,21)22)24-9-7-14-5-6-16(27-2)17(11-14)28-3;/h5-6,11,15H,4,7-10,12-13H2,1-3H3,(H2,23,24,25);1H. The van der Waals surface area contributed by atoms with Crippen molar-refractivity contribution in [2.75, 3.05) is 46.9 Å². The van der Waals surface area contributed by atoms with Gasteiger partial charge in [0.1, 0.15) is 0 Å². The molecule has 0 aromatic heterocycles. The van der Waals surface area contributed by atoms with Crippen LogP contribution in [0.15, 0.2) is 23.2 Å². The lowest BCUT2D eigenvalue weighted by Gasteiger charge is -2.19. The number of halogens is 4. The third-order valence-corrected chi connectivity index (χ3v) is 4.48. The highest BCUT2D eigenvalue weighted by molar-refractivity contribution is 14.0. The van der Waals surface area contributed by atoms with Crippen LogP contribution in [0.1, 0.15) is 18.9 Å². The summed E-state index contributed by atoms with van der Waals surface area (Å²) in [7, 11) is 3.19. The molecule has 1 atom stereocenters. The average molecular weight is 530 g/mol. The van der Waals surface area contributed by atoms with Gasteiger partial charge in [-0.15, -0.1) is 24.0 Å². The number of ether oxygens (including phenoxy) is 2. The number of guanidine groups is 1. The summed E-state index contributed by atoms with van der Waals surface area (Å²) < 4.78 is 48.1. The van der Waals surface area contributed by atoms with Gasteiger partial charge in [0, 0.05) is 32.2 Å². The Hall–Kier alpha value is -1.43. The number of aliphatic imine (C=N–C) groups is 1. The number of nitrogens with zero attached hydrogens (tertiary/aromatic N) is 2. The summed E-state index contributed by atoms with van der Waals surface area (Å²) in [6.45, 7) is 3.11. The molecule has 166 valence electrons. The van der Waals surface area contributed by atoms with E-state index in [1.54, 1.807) is 14.2 Å². The molecule has 1 saturated heterocycles. The minimum atomic E-state index is -4.16. The van der Waals surface area contributed by atoms with Crippen LogP contribution in [-0.2, 0) is 6.42 Å². The van der Waals surface area contributed by atoms with E-state index >= 15 is 0 Å². The van der Waals surface area contributed by atoms with E-state index in [0.717, 1.165) is 5.56 Å². The molecule has 6 nitrogen and oxygen atoms in total. The highest BCUT2D eigenvalue weighted by Crippen LogP contribution is 2.27. The summed E-state index contributed by atoms with van der Waals surface area (Å²) in [6.07, 6.45) is -2.79. The molecule has 1 heterocycles. The summed E-state index contributed by atoms with van der Waals surface area (Å²) >= 11 is 0. The summed E-state index contributed by atoms with van der Waals surface area (Å²) in [5.74, 6) is 1.97. The van der Waals surface area contributed by atoms with Gasteiger partial charge in [0.15, 0.2) is 17.5 Å². The number of likely N-dealkylation sites (tertiary alicyclic amines) is 1. The van der Waals surface area contributed by atoms with Gasteiger partial charge in [-0.3, -0.25) is 9.89 Å². The molecular weight excluding hydrogens is 500 g/mol. The highest BCUT2D eigenvalue weighted by atomic mass is 127. The van der Waals surface area contributed by atoms with Gasteiger partial charge in [-0.1, -0.05) is 6.07 Å². The SMILES string of the molecule is CCNC(=NCCc1ccc(OC)c(OC)c1)NC1CCN(CC(F)(F)F)C1.I. The van der Waals surface area contributed by atoms with E-state index in [0.29, 0.717) is 56.5 Å². The molecule has 0 bridgehead atoms. The first kappa shape index (κ1) is 25.6. The third-order valence-electron chi connectivity index (χ3n) is 4.48. The fraction of sp³-hybridized carbons (Fsp3) is 0.632. The average Bonchev–Trinajstić information content (AvgIpc) is 3.06. The number of hydrogen-bond donors (Lipinski definition) is 2. The molecule has 10 heteroatoms. The largest absolute Gasteiger partial charge is 0.493 e. The van der Waals surface area contributed by atoms with Gasteiger partial charge in [-0.25, -0.2) is 0 Å². The maximum Gasteiger partial charge on any atom is 0.401 e. The van der Waals surface area contributed by atoms with Crippen molar-refractivity contribution in [1.82, 2.24) is 15.5 Å². The molecule has 0 amide bonds. The van der Waals surface area contributed by atoms with Gasteiger partial charge in [-0.2, -0.15) is 13.2 Å². The Labute approximate surface area is 187 Å². The van der Waals surface area contributed by atoms with Crippen molar-refractivity contribution < 1.29 is 22.6 Å². The summed E-state index contributed by atoms with van der Waals surface area (Å²) in [4.78, 5) is 5.97. The Morgan fingerprint density at radius 3 is 2.59 bits per heavy atom. The lowest BCUT2D eigenvalue weighted by molar-refractivity contribution is -0.143. The van der Waals surface area contributed by atoms with Gasteiger partial charge in [0.25, 0.3) is 0 Å². The Bertz CT molecular complexity index is 659. The predicted molar refractivity (Wildman–Crippen MR) is 119 cm³/mol. The van der Waals surface area contributed by atoms with Crippen molar-refractivity contribution >= 4 is 29.9 Å². The zero-order valence-corrected chi connectivity index (χ0v) is 19.3. The second-order valence-corrected chi connectivity index (χ2v) is 6.68. The second-order valence-electron chi connectivity index (χ2n) is 6.68. The van der Waals surface area contributed by atoms with E-state index in [1.165, 1.54) is 4.90 Å². The first-order chi connectivity index (χ1) is 13.3. The molecule has 29 heavy (non-hydrogen) atoms. The van der Waals surface area contributed by atoms with E-state index in [9.17, 15) is 13.2 Å². The predicted octanol–water partition coefficient (Wildman–Crippen LogP) is 3.06. The van der Waals surface area contributed by atoms with Crippen LogP contribution >= 0.6 is 24.0 Å². The van der Waals surface area contributed by atoms with Crippen molar-refractivity contribution in [2.45, 2.75) is 32.0 Å². The van der Waals surface area contributed by atoms with E-state index in [1.807, 2.05) is 25.1 Å². The van der Waals surface area contributed by atoms with E-state index in [2.05, 4.69) is 15.6 Å². The van der Waals surface area contributed by atoms with Gasteiger partial charge in [0.05, 0.1) is 20.8 Å².